The van der Waals surface area contributed by atoms with Gasteiger partial charge in [-0.15, -0.1) is 0 Å². The zero-order valence-electron chi connectivity index (χ0n) is 26.0. The van der Waals surface area contributed by atoms with Crippen molar-refractivity contribution < 1.29 is 19.1 Å². The molecule has 0 saturated carbocycles. The quantitative estimate of drug-likeness (QED) is 0.329. The van der Waals surface area contributed by atoms with Crippen molar-refractivity contribution in [3.05, 3.63) is 54.1 Å². The number of hydrogen-bond acceptors (Lipinski definition) is 10. The summed E-state index contributed by atoms with van der Waals surface area (Å²) in [6.07, 6.45) is 2.55. The van der Waals surface area contributed by atoms with Gasteiger partial charge in [-0.2, -0.15) is 15.0 Å². The summed E-state index contributed by atoms with van der Waals surface area (Å²) in [5, 5.41) is 8.55. The predicted octanol–water partition coefficient (Wildman–Crippen LogP) is 3.07. The van der Waals surface area contributed by atoms with Crippen LogP contribution in [0.1, 0.15) is 30.1 Å². The minimum atomic E-state index is -0.390. The van der Waals surface area contributed by atoms with Gasteiger partial charge in [-0.1, -0.05) is 0 Å². The highest BCUT2D eigenvalue weighted by molar-refractivity contribution is 6.00. The number of urea groups is 1. The van der Waals surface area contributed by atoms with E-state index in [1.807, 2.05) is 43.3 Å². The number of fused-ring (bicyclic) bond motifs is 2. The lowest BCUT2D eigenvalue weighted by molar-refractivity contribution is 0.0299. The van der Waals surface area contributed by atoms with Gasteiger partial charge in [0.05, 0.1) is 31.5 Å². The van der Waals surface area contributed by atoms with E-state index >= 15 is 0 Å². The number of hydrogen-bond donors (Lipinski definition) is 3. The molecule has 3 amide bonds. The molecule has 3 aliphatic rings. The maximum absolute atomic E-state index is 12.7. The molecule has 2 unspecified atom stereocenters. The first-order valence-corrected chi connectivity index (χ1v) is 15.5. The first-order chi connectivity index (χ1) is 21.8. The zero-order chi connectivity index (χ0) is 31.3. The molecule has 3 saturated heterocycles. The van der Waals surface area contributed by atoms with Crippen LogP contribution in [0.15, 0.2) is 48.5 Å². The van der Waals surface area contributed by atoms with Crippen molar-refractivity contribution in [3.63, 3.8) is 0 Å². The summed E-state index contributed by atoms with van der Waals surface area (Å²) < 4.78 is 11.7. The van der Waals surface area contributed by atoms with E-state index < -0.39 is 0 Å². The van der Waals surface area contributed by atoms with Crippen molar-refractivity contribution in [1.29, 1.82) is 0 Å². The minimum Gasteiger partial charge on any atom is -0.377 e. The predicted molar refractivity (Wildman–Crippen MR) is 173 cm³/mol. The first-order valence-electron chi connectivity index (χ1n) is 15.5. The maximum atomic E-state index is 12.7. The van der Waals surface area contributed by atoms with Gasteiger partial charge in [0.1, 0.15) is 0 Å². The number of benzene rings is 2. The number of likely N-dealkylation sites (N-methyl/N-ethyl adjacent to an activating group) is 1. The number of anilines is 4. The SMILES string of the molecule is C[C@H]1COCCN1c1nc(-c2ccc(NC(=O)Nc3ccc(C(=O)NCCN(C)C)cc3)cc2)nc(N2CC3CCC(C2)O3)n1. The number of rotatable bonds is 9. The molecule has 2 bridgehead atoms. The molecule has 0 radical (unpaired) electrons. The van der Waals surface area contributed by atoms with Gasteiger partial charge in [0, 0.05) is 55.2 Å². The lowest BCUT2D eigenvalue weighted by atomic mass is 10.2. The van der Waals surface area contributed by atoms with Crippen molar-refractivity contribution >= 4 is 35.2 Å². The van der Waals surface area contributed by atoms with Gasteiger partial charge in [-0.25, -0.2) is 4.79 Å². The molecule has 0 spiro atoms. The molecule has 6 rings (SSSR count). The van der Waals surface area contributed by atoms with E-state index in [9.17, 15) is 9.59 Å². The molecule has 3 N–H and O–H groups in total. The number of nitrogens with zero attached hydrogens (tertiary/aromatic N) is 6. The van der Waals surface area contributed by atoms with E-state index in [4.69, 9.17) is 24.4 Å². The third-order valence-corrected chi connectivity index (χ3v) is 8.21. The number of amides is 3. The summed E-state index contributed by atoms with van der Waals surface area (Å²) in [7, 11) is 3.91. The molecule has 45 heavy (non-hydrogen) atoms. The highest BCUT2D eigenvalue weighted by Gasteiger charge is 2.35. The van der Waals surface area contributed by atoms with E-state index in [-0.39, 0.29) is 30.2 Å². The molecule has 2 aromatic carbocycles. The van der Waals surface area contributed by atoms with Crippen LogP contribution in [0.2, 0.25) is 0 Å². The molecule has 13 nitrogen and oxygen atoms in total. The van der Waals surface area contributed by atoms with Crippen LogP contribution in [0.3, 0.4) is 0 Å². The summed E-state index contributed by atoms with van der Waals surface area (Å²) >= 11 is 0. The number of aromatic nitrogens is 3. The highest BCUT2D eigenvalue weighted by atomic mass is 16.5. The second-order valence-electron chi connectivity index (χ2n) is 12.0. The number of nitrogens with one attached hydrogen (secondary N) is 3. The van der Waals surface area contributed by atoms with Gasteiger partial charge in [0.2, 0.25) is 11.9 Å². The molecular weight excluding hydrogens is 574 g/mol. The lowest BCUT2D eigenvalue weighted by Crippen LogP contribution is -2.46. The third-order valence-electron chi connectivity index (χ3n) is 8.21. The molecule has 4 heterocycles. The van der Waals surface area contributed by atoms with E-state index in [0.29, 0.717) is 61.0 Å². The van der Waals surface area contributed by atoms with E-state index in [1.165, 1.54) is 0 Å². The molecule has 238 valence electrons. The smallest absolute Gasteiger partial charge is 0.323 e. The topological polar surface area (TPSA) is 137 Å². The van der Waals surface area contributed by atoms with Gasteiger partial charge in [0.25, 0.3) is 5.91 Å². The van der Waals surface area contributed by atoms with Crippen LogP contribution in [0.25, 0.3) is 11.4 Å². The van der Waals surface area contributed by atoms with Crippen LogP contribution in [0.5, 0.6) is 0 Å². The summed E-state index contributed by atoms with van der Waals surface area (Å²) in [5.74, 6) is 1.73. The van der Waals surface area contributed by atoms with Crippen molar-refractivity contribution in [2.45, 2.75) is 38.0 Å². The van der Waals surface area contributed by atoms with E-state index in [0.717, 1.165) is 38.0 Å². The van der Waals surface area contributed by atoms with Gasteiger partial charge in [0.15, 0.2) is 5.82 Å². The number of morpholine rings is 2. The monoisotopic (exact) mass is 615 g/mol. The summed E-state index contributed by atoms with van der Waals surface area (Å²) in [5.41, 5.74) is 2.55. The fourth-order valence-electron chi connectivity index (χ4n) is 5.75. The Labute approximate surface area is 263 Å². The van der Waals surface area contributed by atoms with Gasteiger partial charge in [-0.05, 0) is 82.4 Å². The standard InChI is InChI=1S/C32H41N9O4/c1-21-20-44-17-16-41(21)31-37-28(36-30(38-31)40-18-26-12-13-27(19-40)45-26)22-4-8-24(9-5-22)34-32(43)35-25-10-6-23(7-11-25)29(42)33-14-15-39(2)3/h4-11,21,26-27H,12-20H2,1-3H3,(H,33,42)(H2,34,35,43)/t21-,26?,27?/m0/s1. The molecule has 3 aromatic rings. The molecule has 3 fully saturated rings. The maximum Gasteiger partial charge on any atom is 0.323 e. The largest absolute Gasteiger partial charge is 0.377 e. The molecule has 13 heteroatoms. The van der Waals surface area contributed by atoms with Crippen molar-refractivity contribution in [3.8, 4) is 11.4 Å². The van der Waals surface area contributed by atoms with Crippen molar-refractivity contribution in [2.75, 3.05) is 80.5 Å². The van der Waals surface area contributed by atoms with Crippen LogP contribution in [-0.4, -0.2) is 110 Å². The number of carbonyl (C=O) groups is 2. The van der Waals surface area contributed by atoms with Gasteiger partial charge >= 0.3 is 6.03 Å². The van der Waals surface area contributed by atoms with Crippen LogP contribution >= 0.6 is 0 Å². The Morgan fingerprint density at radius 3 is 2.20 bits per heavy atom. The zero-order valence-corrected chi connectivity index (χ0v) is 26.0. The minimum absolute atomic E-state index is 0.147. The summed E-state index contributed by atoms with van der Waals surface area (Å²) in [6, 6.07) is 14.0. The highest BCUT2D eigenvalue weighted by Crippen LogP contribution is 2.30. The average Bonchev–Trinajstić information content (AvgIpc) is 3.38. The van der Waals surface area contributed by atoms with Crippen molar-refractivity contribution in [1.82, 2.24) is 25.2 Å². The first kappa shape index (κ1) is 30.7. The van der Waals surface area contributed by atoms with E-state index in [1.54, 1.807) is 24.3 Å². The summed E-state index contributed by atoms with van der Waals surface area (Å²) in [6.45, 7) is 6.92. The summed E-state index contributed by atoms with van der Waals surface area (Å²) in [4.78, 5) is 46.1. The fourth-order valence-corrected chi connectivity index (χ4v) is 5.75. The van der Waals surface area contributed by atoms with Crippen molar-refractivity contribution in [2.24, 2.45) is 0 Å². The Hall–Kier alpha value is -4.33. The number of ether oxygens (including phenoxy) is 2. The van der Waals surface area contributed by atoms with Gasteiger partial charge < -0.3 is 40.1 Å². The molecule has 3 atom stereocenters. The number of carbonyl (C=O) groups excluding carboxylic acids is 2. The van der Waals surface area contributed by atoms with Crippen LogP contribution < -0.4 is 25.8 Å². The Kier molecular flexibility index (Phi) is 9.38. The molecular formula is C32H41N9O4. The second-order valence-corrected chi connectivity index (χ2v) is 12.0. The Morgan fingerprint density at radius 1 is 0.911 bits per heavy atom. The lowest BCUT2D eigenvalue weighted by Gasteiger charge is -2.35. The second kappa shape index (κ2) is 13.8. The Morgan fingerprint density at radius 2 is 1.56 bits per heavy atom. The fraction of sp³-hybridized carbons (Fsp3) is 0.469. The molecule has 1 aromatic heterocycles. The Balaban J connectivity index is 1.12. The van der Waals surface area contributed by atoms with Crippen LogP contribution in [-0.2, 0) is 9.47 Å². The van der Waals surface area contributed by atoms with E-state index in [2.05, 4.69) is 32.7 Å². The average molecular weight is 616 g/mol. The molecule has 3 aliphatic heterocycles. The molecule has 0 aliphatic carbocycles. The van der Waals surface area contributed by atoms with Crippen LogP contribution in [0.4, 0.5) is 28.1 Å². The third kappa shape index (κ3) is 7.67. The normalized spacial score (nSPS) is 21.1. The Bertz CT molecular complexity index is 1470. The van der Waals surface area contributed by atoms with Crippen LogP contribution in [0, 0.1) is 0 Å². The van der Waals surface area contributed by atoms with Gasteiger partial charge in [-0.3, -0.25) is 4.79 Å².